The Morgan fingerprint density at radius 1 is 1.19 bits per heavy atom. The lowest BCUT2D eigenvalue weighted by atomic mass is 9.94. The number of hydrogen-bond acceptors (Lipinski definition) is 6. The van der Waals surface area contributed by atoms with Crippen molar-refractivity contribution in [2.45, 2.75) is 45.8 Å². The van der Waals surface area contributed by atoms with Gasteiger partial charge in [-0.15, -0.1) is 0 Å². The van der Waals surface area contributed by atoms with Gasteiger partial charge in [0.2, 0.25) is 6.41 Å². The molecule has 0 fully saturated rings. The minimum atomic E-state index is -1.15. The number of benzene rings is 2. The summed E-state index contributed by atoms with van der Waals surface area (Å²) in [5.74, 6) is -0.721. The molecule has 4 N–H and O–H groups in total. The Balaban J connectivity index is 1.89. The largest absolute Gasteiger partial charge is 0.399 e. The van der Waals surface area contributed by atoms with Gasteiger partial charge in [0.1, 0.15) is 5.82 Å². The Morgan fingerprint density at radius 3 is 2.66 bits per heavy atom. The van der Waals surface area contributed by atoms with E-state index in [0.29, 0.717) is 23.4 Å². The summed E-state index contributed by atoms with van der Waals surface area (Å²) in [6.45, 7) is 5.85. The van der Waals surface area contributed by atoms with E-state index in [2.05, 4.69) is 10.3 Å². The first-order valence-corrected chi connectivity index (χ1v) is 10.3. The molecule has 3 rings (SSSR count). The maximum absolute atomic E-state index is 13.9. The van der Waals surface area contributed by atoms with E-state index >= 15 is 0 Å². The van der Waals surface area contributed by atoms with Crippen LogP contribution in [0.3, 0.4) is 0 Å². The molecule has 7 heteroatoms. The molecule has 0 saturated carbocycles. The van der Waals surface area contributed by atoms with Crippen LogP contribution in [0.1, 0.15) is 42.3 Å². The third-order valence-electron chi connectivity index (χ3n) is 4.77. The number of rotatable bonds is 8. The third kappa shape index (κ3) is 6.43. The quantitative estimate of drug-likeness (QED) is 0.279. The Hall–Kier alpha value is -3.13. The van der Waals surface area contributed by atoms with Crippen molar-refractivity contribution in [2.24, 2.45) is 0 Å². The third-order valence-corrected chi connectivity index (χ3v) is 4.77. The number of carbonyl (C=O) groups excluding carboxylic acids is 1. The van der Waals surface area contributed by atoms with Crippen molar-refractivity contribution in [3.05, 3.63) is 83.4 Å². The molecule has 1 unspecified atom stereocenters. The summed E-state index contributed by atoms with van der Waals surface area (Å²) in [4.78, 5) is 16.6. The second-order valence-electron chi connectivity index (χ2n) is 8.53. The molecule has 0 aliphatic rings. The van der Waals surface area contributed by atoms with E-state index in [1.807, 2.05) is 45.0 Å². The number of nitrogens with two attached hydrogens (primary N) is 1. The molecule has 2 aromatic carbocycles. The van der Waals surface area contributed by atoms with E-state index in [0.717, 1.165) is 22.9 Å². The normalized spacial score (nSPS) is 12.5. The average molecular weight is 438 g/mol. The molecule has 6 nitrogen and oxygen atoms in total. The van der Waals surface area contributed by atoms with E-state index < -0.39 is 17.8 Å². The molecule has 0 saturated heterocycles. The summed E-state index contributed by atoms with van der Waals surface area (Å²) in [5.41, 5.74) is 9.25. The highest BCUT2D eigenvalue weighted by Crippen LogP contribution is 2.28. The van der Waals surface area contributed by atoms with Crippen molar-refractivity contribution in [3.8, 4) is 11.1 Å². The Kier molecular flexibility index (Phi) is 7.35. The summed E-state index contributed by atoms with van der Waals surface area (Å²) in [6.07, 6.45) is 1.34. The number of pyridine rings is 1. The van der Waals surface area contributed by atoms with Gasteiger partial charge in [-0.3, -0.25) is 15.1 Å². The highest BCUT2D eigenvalue weighted by molar-refractivity contribution is 5.99. The molecule has 1 heterocycles. The monoisotopic (exact) mass is 437 g/mol. The molecule has 32 heavy (non-hydrogen) atoms. The highest BCUT2D eigenvalue weighted by Gasteiger charge is 2.18. The molecule has 0 spiro atoms. The number of carbonyl (C=O) groups is 1. The van der Waals surface area contributed by atoms with Gasteiger partial charge in [-0.05, 0) is 67.3 Å². The smallest absolute Gasteiger partial charge is 0.214 e. The van der Waals surface area contributed by atoms with Gasteiger partial charge in [0.05, 0.1) is 11.8 Å². The van der Waals surface area contributed by atoms with E-state index in [4.69, 9.17) is 10.5 Å². The zero-order valence-electron chi connectivity index (χ0n) is 18.4. The van der Waals surface area contributed by atoms with Gasteiger partial charge in [-0.25, -0.2) is 4.39 Å². The lowest BCUT2D eigenvalue weighted by Gasteiger charge is -2.25. The summed E-state index contributed by atoms with van der Waals surface area (Å²) in [5, 5.41) is 13.1. The fraction of sp³-hybridized carbons (Fsp3) is 0.280. The maximum Gasteiger partial charge on any atom is 0.214 e. The SMILES string of the molecule is CC(C)(C)OC(O)NCc1ccc(C(=O)Cc2ccncc2F)cc1-c1cccc(N)c1. The van der Waals surface area contributed by atoms with Crippen LogP contribution in [0.15, 0.2) is 60.9 Å². The van der Waals surface area contributed by atoms with Crippen LogP contribution in [0.2, 0.25) is 0 Å². The van der Waals surface area contributed by atoms with E-state index in [-0.39, 0.29) is 12.2 Å². The predicted octanol–water partition coefficient (Wildman–Crippen LogP) is 4.08. The molecule has 1 aromatic heterocycles. The second kappa shape index (κ2) is 9.99. The van der Waals surface area contributed by atoms with E-state index in [1.54, 1.807) is 18.2 Å². The number of ether oxygens (including phenoxy) is 1. The molecular formula is C25H28FN3O3. The molecular weight excluding hydrogens is 409 g/mol. The van der Waals surface area contributed by atoms with Crippen LogP contribution in [0.4, 0.5) is 10.1 Å². The highest BCUT2D eigenvalue weighted by atomic mass is 19.1. The van der Waals surface area contributed by atoms with Crippen LogP contribution in [0.25, 0.3) is 11.1 Å². The fourth-order valence-electron chi connectivity index (χ4n) is 3.28. The number of aliphatic hydroxyl groups excluding tert-OH is 1. The summed E-state index contributed by atoms with van der Waals surface area (Å²) in [7, 11) is 0. The van der Waals surface area contributed by atoms with Gasteiger partial charge in [0, 0.05) is 30.4 Å². The summed E-state index contributed by atoms with van der Waals surface area (Å²) >= 11 is 0. The van der Waals surface area contributed by atoms with Gasteiger partial charge in [0.25, 0.3) is 0 Å². The number of halogens is 1. The number of anilines is 1. The van der Waals surface area contributed by atoms with E-state index in [9.17, 15) is 14.3 Å². The van der Waals surface area contributed by atoms with Gasteiger partial charge >= 0.3 is 0 Å². The van der Waals surface area contributed by atoms with Crippen LogP contribution in [0.5, 0.6) is 0 Å². The number of ketones is 1. The van der Waals surface area contributed by atoms with Gasteiger partial charge in [-0.1, -0.05) is 24.3 Å². The first-order valence-electron chi connectivity index (χ1n) is 10.3. The van der Waals surface area contributed by atoms with Crippen LogP contribution >= 0.6 is 0 Å². The minimum Gasteiger partial charge on any atom is -0.399 e. The van der Waals surface area contributed by atoms with Crippen molar-refractivity contribution in [1.82, 2.24) is 10.3 Å². The lowest BCUT2D eigenvalue weighted by Crippen LogP contribution is -2.37. The number of nitrogen functional groups attached to an aromatic ring is 1. The Labute approximate surface area is 187 Å². The fourth-order valence-corrected chi connectivity index (χ4v) is 3.28. The topological polar surface area (TPSA) is 97.5 Å². The number of aromatic nitrogens is 1. The molecule has 0 amide bonds. The molecule has 168 valence electrons. The molecule has 0 aliphatic carbocycles. The van der Waals surface area contributed by atoms with Crippen molar-refractivity contribution >= 4 is 11.5 Å². The van der Waals surface area contributed by atoms with Crippen LogP contribution in [0, 0.1) is 5.82 Å². The van der Waals surface area contributed by atoms with Crippen molar-refractivity contribution in [3.63, 3.8) is 0 Å². The number of Topliss-reactive ketones (excluding diaryl/α,β-unsaturated/α-hetero) is 1. The number of nitrogens with zero attached hydrogens (tertiary/aromatic N) is 1. The first-order chi connectivity index (χ1) is 15.1. The van der Waals surface area contributed by atoms with Crippen molar-refractivity contribution in [1.29, 1.82) is 0 Å². The average Bonchev–Trinajstić information content (AvgIpc) is 2.72. The summed E-state index contributed by atoms with van der Waals surface area (Å²) < 4.78 is 19.4. The molecule has 3 aromatic rings. The number of aliphatic hydroxyl groups is 1. The van der Waals surface area contributed by atoms with Crippen molar-refractivity contribution in [2.75, 3.05) is 5.73 Å². The van der Waals surface area contributed by atoms with Crippen LogP contribution < -0.4 is 11.1 Å². The Morgan fingerprint density at radius 2 is 1.97 bits per heavy atom. The van der Waals surface area contributed by atoms with Crippen LogP contribution in [-0.4, -0.2) is 27.9 Å². The Bertz CT molecular complexity index is 1100. The zero-order valence-corrected chi connectivity index (χ0v) is 18.4. The second-order valence-corrected chi connectivity index (χ2v) is 8.53. The number of nitrogens with one attached hydrogen (secondary N) is 1. The van der Waals surface area contributed by atoms with Crippen molar-refractivity contribution < 1.29 is 19.0 Å². The summed E-state index contributed by atoms with van der Waals surface area (Å²) in [6, 6.07) is 14.1. The minimum absolute atomic E-state index is 0.0690. The molecule has 0 aliphatic heterocycles. The van der Waals surface area contributed by atoms with Crippen LogP contribution in [-0.2, 0) is 17.7 Å². The zero-order chi connectivity index (χ0) is 23.3. The first kappa shape index (κ1) is 23.5. The standard InChI is InChI=1S/C25H28FN3O3/c1-25(2,3)32-24(31)29-14-19-8-7-18(12-21(19)16-5-4-6-20(27)11-16)23(30)13-17-9-10-28-15-22(17)26/h4-12,15,24,29,31H,13-14,27H2,1-3H3. The van der Waals surface area contributed by atoms with Gasteiger partial charge in [0.15, 0.2) is 5.78 Å². The lowest BCUT2D eigenvalue weighted by molar-refractivity contribution is -0.182. The van der Waals surface area contributed by atoms with Gasteiger partial charge in [-0.2, -0.15) is 0 Å². The van der Waals surface area contributed by atoms with Gasteiger partial charge < -0.3 is 15.6 Å². The molecule has 0 radical (unpaired) electrons. The maximum atomic E-state index is 13.9. The molecule has 1 atom stereocenters. The number of hydrogen-bond donors (Lipinski definition) is 3. The molecule has 0 bridgehead atoms. The predicted molar refractivity (Wildman–Crippen MR) is 122 cm³/mol. The van der Waals surface area contributed by atoms with E-state index in [1.165, 1.54) is 12.3 Å².